The Balaban J connectivity index is 2.27. The first-order valence-electron chi connectivity index (χ1n) is 9.44. The van der Waals surface area contributed by atoms with Crippen LogP contribution in [0, 0.1) is 11.3 Å². The van der Waals surface area contributed by atoms with Crippen LogP contribution in [0.3, 0.4) is 0 Å². The summed E-state index contributed by atoms with van der Waals surface area (Å²) in [5, 5.41) is 0. The Kier molecular flexibility index (Phi) is 7.94. The molecule has 28 heavy (non-hydrogen) atoms. The number of methoxy groups -OCH3 is 1. The van der Waals surface area contributed by atoms with Crippen molar-refractivity contribution in [3.8, 4) is 0 Å². The van der Waals surface area contributed by atoms with E-state index in [0.717, 1.165) is 6.42 Å². The van der Waals surface area contributed by atoms with Crippen molar-refractivity contribution in [3.05, 3.63) is 0 Å². The van der Waals surface area contributed by atoms with Gasteiger partial charge in [-0.05, 0) is 24.7 Å². The third-order valence-corrected chi connectivity index (χ3v) is 5.19. The summed E-state index contributed by atoms with van der Waals surface area (Å²) >= 11 is 0. The Morgan fingerprint density at radius 2 is 1.86 bits per heavy atom. The van der Waals surface area contributed by atoms with Gasteiger partial charge in [0.25, 0.3) is 0 Å². The van der Waals surface area contributed by atoms with Crippen LogP contribution in [-0.2, 0) is 42.9 Å². The molecule has 1 saturated carbocycles. The number of ketones is 1. The van der Waals surface area contributed by atoms with Crippen molar-refractivity contribution in [2.24, 2.45) is 11.3 Å². The maximum absolute atomic E-state index is 12.9. The number of ether oxygens (including phenoxy) is 5. The van der Waals surface area contributed by atoms with E-state index < -0.39 is 41.8 Å². The largest absolute Gasteiger partial charge is 0.464 e. The second kappa shape index (κ2) is 9.97. The zero-order valence-electron chi connectivity index (χ0n) is 16.6. The molecule has 1 aliphatic carbocycles. The van der Waals surface area contributed by atoms with E-state index in [-0.39, 0.29) is 25.4 Å². The number of carbonyl (C=O) groups excluding carboxylic acids is 4. The van der Waals surface area contributed by atoms with Gasteiger partial charge in [-0.25, -0.2) is 4.79 Å². The third kappa shape index (κ3) is 5.75. The number of esters is 3. The fourth-order valence-corrected chi connectivity index (χ4v) is 4.13. The molecule has 4 atom stereocenters. The average Bonchev–Trinajstić information content (AvgIpc) is 2.73. The van der Waals surface area contributed by atoms with Crippen molar-refractivity contribution in [1.29, 1.82) is 0 Å². The van der Waals surface area contributed by atoms with Crippen molar-refractivity contribution >= 4 is 23.7 Å². The van der Waals surface area contributed by atoms with Crippen LogP contribution in [0.15, 0.2) is 0 Å². The molecule has 2 fully saturated rings. The van der Waals surface area contributed by atoms with Crippen molar-refractivity contribution in [2.75, 3.05) is 20.3 Å². The van der Waals surface area contributed by atoms with Crippen molar-refractivity contribution in [2.45, 2.75) is 65.0 Å². The lowest BCUT2D eigenvalue weighted by Crippen LogP contribution is -2.54. The highest BCUT2D eigenvalue weighted by molar-refractivity contribution is 5.83. The van der Waals surface area contributed by atoms with Crippen LogP contribution < -0.4 is 0 Å². The van der Waals surface area contributed by atoms with Crippen molar-refractivity contribution in [1.82, 2.24) is 0 Å². The highest BCUT2D eigenvalue weighted by atomic mass is 16.8. The topological polar surface area (TPSA) is 114 Å². The van der Waals surface area contributed by atoms with Crippen LogP contribution in [0.5, 0.6) is 0 Å². The lowest BCUT2D eigenvalue weighted by Gasteiger charge is -2.47. The Morgan fingerprint density at radius 3 is 2.50 bits per heavy atom. The smallest absolute Gasteiger partial charge is 0.332 e. The summed E-state index contributed by atoms with van der Waals surface area (Å²) in [5.41, 5.74) is -0.667. The molecule has 0 aromatic rings. The molecular formula is C19H28O9. The van der Waals surface area contributed by atoms with Gasteiger partial charge in [0.1, 0.15) is 12.4 Å². The molecule has 9 heteroatoms. The van der Waals surface area contributed by atoms with E-state index in [0.29, 0.717) is 25.7 Å². The zero-order chi connectivity index (χ0) is 20.7. The van der Waals surface area contributed by atoms with E-state index in [1.54, 1.807) is 0 Å². The van der Waals surface area contributed by atoms with Gasteiger partial charge in [-0.2, -0.15) is 0 Å². The molecule has 0 bridgehead atoms. The minimum Gasteiger partial charge on any atom is -0.464 e. The second-order valence-corrected chi connectivity index (χ2v) is 7.27. The molecule has 0 unspecified atom stereocenters. The minimum atomic E-state index is -1.14. The SMILES string of the molecule is COCC(=O)OCC[C@@]12CCCCC(=O)[C@@H]1[C@H](OC(C)=O)O[C@@H](OC(C)=O)C2. The van der Waals surface area contributed by atoms with Crippen LogP contribution in [0.4, 0.5) is 0 Å². The molecule has 0 N–H and O–H groups in total. The van der Waals surface area contributed by atoms with Gasteiger partial charge in [-0.3, -0.25) is 14.4 Å². The first kappa shape index (κ1) is 22.3. The third-order valence-electron chi connectivity index (χ3n) is 5.19. The normalized spacial score (nSPS) is 30.0. The quantitative estimate of drug-likeness (QED) is 0.463. The first-order valence-corrected chi connectivity index (χ1v) is 9.44. The average molecular weight is 400 g/mol. The number of fused-ring (bicyclic) bond motifs is 1. The summed E-state index contributed by atoms with van der Waals surface area (Å²) in [4.78, 5) is 47.5. The van der Waals surface area contributed by atoms with Gasteiger partial charge in [0.15, 0.2) is 0 Å². The summed E-state index contributed by atoms with van der Waals surface area (Å²) < 4.78 is 26.1. The van der Waals surface area contributed by atoms with Gasteiger partial charge < -0.3 is 23.7 Å². The molecule has 0 amide bonds. The molecule has 158 valence electrons. The number of rotatable bonds is 7. The van der Waals surface area contributed by atoms with Crippen LogP contribution in [0.1, 0.15) is 52.4 Å². The van der Waals surface area contributed by atoms with Crippen molar-refractivity contribution < 1.29 is 42.9 Å². The number of hydrogen-bond donors (Lipinski definition) is 0. The summed E-state index contributed by atoms with van der Waals surface area (Å²) in [7, 11) is 1.39. The predicted octanol–water partition coefficient (Wildman–Crippen LogP) is 1.51. The van der Waals surface area contributed by atoms with E-state index in [4.69, 9.17) is 23.7 Å². The van der Waals surface area contributed by atoms with Gasteiger partial charge in [0.05, 0.1) is 12.5 Å². The first-order chi connectivity index (χ1) is 13.3. The lowest BCUT2D eigenvalue weighted by molar-refractivity contribution is -0.294. The second-order valence-electron chi connectivity index (χ2n) is 7.27. The van der Waals surface area contributed by atoms with Gasteiger partial charge in [-0.1, -0.05) is 6.42 Å². The van der Waals surface area contributed by atoms with Crippen molar-refractivity contribution in [3.63, 3.8) is 0 Å². The number of hydrogen-bond acceptors (Lipinski definition) is 9. The molecule has 2 aliphatic rings. The Bertz CT molecular complexity index is 602. The summed E-state index contributed by atoms with van der Waals surface area (Å²) in [6.45, 7) is 2.40. The highest BCUT2D eigenvalue weighted by Crippen LogP contribution is 2.51. The summed E-state index contributed by atoms with van der Waals surface area (Å²) in [6.07, 6.45) is 1.04. The van der Waals surface area contributed by atoms with E-state index in [1.165, 1.54) is 21.0 Å². The van der Waals surface area contributed by atoms with Gasteiger partial charge >= 0.3 is 17.9 Å². The maximum atomic E-state index is 12.9. The van der Waals surface area contributed by atoms with E-state index in [2.05, 4.69) is 0 Å². The van der Waals surface area contributed by atoms with E-state index >= 15 is 0 Å². The molecule has 0 aromatic heterocycles. The standard InChI is InChI=1S/C19H28O9/c1-12(20)26-16-10-19(8-9-25-15(23)11-24-3)7-5-4-6-14(22)17(19)18(28-16)27-13(2)21/h16-18H,4-11H2,1-3H3/t16-,17-,18-,19-/m1/s1. The lowest BCUT2D eigenvalue weighted by atomic mass is 9.65. The molecule has 1 heterocycles. The molecular weight excluding hydrogens is 372 g/mol. The minimum absolute atomic E-state index is 0.0618. The van der Waals surface area contributed by atoms with Crippen LogP contribution >= 0.6 is 0 Å². The molecule has 1 saturated heterocycles. The fourth-order valence-electron chi connectivity index (χ4n) is 4.13. The Labute approximate surface area is 164 Å². The highest BCUT2D eigenvalue weighted by Gasteiger charge is 2.55. The summed E-state index contributed by atoms with van der Waals surface area (Å²) in [6, 6.07) is 0. The molecule has 0 aromatic carbocycles. The predicted molar refractivity (Wildman–Crippen MR) is 93.7 cm³/mol. The fraction of sp³-hybridized carbons (Fsp3) is 0.789. The molecule has 9 nitrogen and oxygen atoms in total. The molecule has 2 rings (SSSR count). The van der Waals surface area contributed by atoms with E-state index in [9.17, 15) is 19.2 Å². The number of carbonyl (C=O) groups is 4. The van der Waals surface area contributed by atoms with E-state index in [1.807, 2.05) is 0 Å². The molecule has 1 aliphatic heterocycles. The molecule has 0 radical (unpaired) electrons. The van der Waals surface area contributed by atoms with Gasteiger partial charge in [0.2, 0.25) is 12.6 Å². The summed E-state index contributed by atoms with van der Waals surface area (Å²) in [5.74, 6) is -2.40. The Hall–Kier alpha value is -2.00. The Morgan fingerprint density at radius 1 is 1.14 bits per heavy atom. The maximum Gasteiger partial charge on any atom is 0.332 e. The van der Waals surface area contributed by atoms with Gasteiger partial charge in [0, 0.05) is 33.8 Å². The molecule has 0 spiro atoms. The number of Topliss-reactive ketones (excluding diaryl/α,β-unsaturated/α-hetero) is 1. The van der Waals surface area contributed by atoms with Crippen LogP contribution in [0.2, 0.25) is 0 Å². The monoisotopic (exact) mass is 400 g/mol. The van der Waals surface area contributed by atoms with Gasteiger partial charge in [-0.15, -0.1) is 0 Å². The zero-order valence-corrected chi connectivity index (χ0v) is 16.6. The van der Waals surface area contributed by atoms with Crippen LogP contribution in [-0.4, -0.2) is 56.6 Å². The van der Waals surface area contributed by atoms with Crippen LogP contribution in [0.25, 0.3) is 0 Å².